The molecule has 102 valence electrons. The first kappa shape index (κ1) is 11.9. The monoisotopic (exact) mass is 275 g/mol. The predicted octanol–water partition coefficient (Wildman–Crippen LogP) is 3.18. The van der Waals surface area contributed by atoms with Crippen LogP contribution in [0, 0.1) is 6.92 Å². The molecular weight excluding hydrogens is 262 g/mol. The smallest absolute Gasteiger partial charge is 0.257 e. The fourth-order valence-electron chi connectivity index (χ4n) is 2.80. The van der Waals surface area contributed by atoms with Gasteiger partial charge in [0, 0.05) is 16.2 Å². The summed E-state index contributed by atoms with van der Waals surface area (Å²) in [4.78, 5) is 15.3. The summed E-state index contributed by atoms with van der Waals surface area (Å²) in [5.74, 6) is 0. The molecule has 0 spiro atoms. The Labute approximate surface area is 120 Å². The zero-order valence-corrected chi connectivity index (χ0v) is 11.5. The van der Waals surface area contributed by atoms with Crippen LogP contribution in [0.25, 0.3) is 27.5 Å². The van der Waals surface area contributed by atoms with Gasteiger partial charge in [-0.2, -0.15) is 5.10 Å². The zero-order chi connectivity index (χ0) is 14.4. The van der Waals surface area contributed by atoms with Gasteiger partial charge in [-0.05, 0) is 25.1 Å². The predicted molar refractivity (Wildman–Crippen MR) is 83.9 cm³/mol. The molecule has 0 unspecified atom stereocenters. The van der Waals surface area contributed by atoms with E-state index in [1.807, 2.05) is 61.5 Å². The van der Waals surface area contributed by atoms with Crippen molar-refractivity contribution in [2.24, 2.45) is 0 Å². The van der Waals surface area contributed by atoms with Gasteiger partial charge in [-0.15, -0.1) is 0 Å². The standard InChI is InChI=1S/C17H13N3O/c1-11-15-13-9-5-6-10-14(13)17(21)18-16(15)20(19-11)12-7-3-2-4-8-12/h2-10H,1H3,(H,18,21). The Morgan fingerprint density at radius 2 is 1.62 bits per heavy atom. The first-order valence-electron chi connectivity index (χ1n) is 6.81. The number of aromatic nitrogens is 3. The van der Waals surface area contributed by atoms with Gasteiger partial charge >= 0.3 is 0 Å². The molecule has 0 aliphatic carbocycles. The maximum atomic E-state index is 12.3. The van der Waals surface area contributed by atoms with Crippen LogP contribution in [0.1, 0.15) is 5.69 Å². The first-order chi connectivity index (χ1) is 10.3. The number of hydrogen-bond donors (Lipinski definition) is 1. The Morgan fingerprint density at radius 1 is 0.952 bits per heavy atom. The lowest BCUT2D eigenvalue weighted by molar-refractivity contribution is 0.876. The van der Waals surface area contributed by atoms with Crippen molar-refractivity contribution < 1.29 is 0 Å². The lowest BCUT2D eigenvalue weighted by Crippen LogP contribution is -2.08. The van der Waals surface area contributed by atoms with Gasteiger partial charge in [0.05, 0.1) is 11.4 Å². The molecule has 0 atom stereocenters. The lowest BCUT2D eigenvalue weighted by atomic mass is 10.1. The van der Waals surface area contributed by atoms with Crippen molar-refractivity contribution in [3.63, 3.8) is 0 Å². The van der Waals surface area contributed by atoms with E-state index >= 15 is 0 Å². The number of para-hydroxylation sites is 1. The highest BCUT2D eigenvalue weighted by atomic mass is 16.1. The van der Waals surface area contributed by atoms with Crippen LogP contribution in [0.3, 0.4) is 0 Å². The second-order valence-corrected chi connectivity index (χ2v) is 5.06. The molecule has 0 bridgehead atoms. The summed E-state index contributed by atoms with van der Waals surface area (Å²) >= 11 is 0. The van der Waals surface area contributed by atoms with Crippen molar-refractivity contribution >= 4 is 21.8 Å². The van der Waals surface area contributed by atoms with Gasteiger partial charge in [-0.25, -0.2) is 4.68 Å². The average molecular weight is 275 g/mol. The fourth-order valence-corrected chi connectivity index (χ4v) is 2.80. The molecule has 4 aromatic rings. The van der Waals surface area contributed by atoms with E-state index in [1.165, 1.54) is 0 Å². The van der Waals surface area contributed by atoms with Gasteiger partial charge in [-0.3, -0.25) is 4.79 Å². The number of pyridine rings is 1. The largest absolute Gasteiger partial charge is 0.306 e. The molecule has 0 amide bonds. The number of nitrogens with zero attached hydrogens (tertiary/aromatic N) is 2. The van der Waals surface area contributed by atoms with E-state index in [0.717, 1.165) is 27.8 Å². The highest BCUT2D eigenvalue weighted by Gasteiger charge is 2.14. The molecule has 0 saturated carbocycles. The van der Waals surface area contributed by atoms with Crippen LogP contribution in [-0.4, -0.2) is 14.8 Å². The molecule has 4 nitrogen and oxygen atoms in total. The Kier molecular flexibility index (Phi) is 2.44. The molecule has 2 aromatic heterocycles. The minimum Gasteiger partial charge on any atom is -0.306 e. The molecule has 0 aliphatic rings. The summed E-state index contributed by atoms with van der Waals surface area (Å²) in [5.41, 5.74) is 2.49. The lowest BCUT2D eigenvalue weighted by Gasteiger charge is -2.04. The molecule has 0 saturated heterocycles. The minimum absolute atomic E-state index is 0.0878. The SMILES string of the molecule is Cc1nn(-c2ccccc2)c2[nH]c(=O)c3ccccc3c12. The van der Waals surface area contributed by atoms with Crippen molar-refractivity contribution in [1.29, 1.82) is 0 Å². The summed E-state index contributed by atoms with van der Waals surface area (Å²) in [6, 6.07) is 17.4. The molecule has 2 heterocycles. The summed E-state index contributed by atoms with van der Waals surface area (Å²) in [6.07, 6.45) is 0. The van der Waals surface area contributed by atoms with Gasteiger partial charge in [0.1, 0.15) is 5.65 Å². The van der Waals surface area contributed by atoms with Crippen LogP contribution < -0.4 is 5.56 Å². The van der Waals surface area contributed by atoms with E-state index < -0.39 is 0 Å². The van der Waals surface area contributed by atoms with Crippen LogP contribution in [0.15, 0.2) is 59.4 Å². The Hall–Kier alpha value is -2.88. The highest BCUT2D eigenvalue weighted by molar-refractivity contribution is 6.05. The first-order valence-corrected chi connectivity index (χ1v) is 6.81. The van der Waals surface area contributed by atoms with Crippen LogP contribution in [0.2, 0.25) is 0 Å². The third kappa shape index (κ3) is 1.69. The second kappa shape index (κ2) is 4.31. The molecule has 0 radical (unpaired) electrons. The number of fused-ring (bicyclic) bond motifs is 3. The maximum Gasteiger partial charge on any atom is 0.257 e. The molecule has 2 aromatic carbocycles. The van der Waals surface area contributed by atoms with Crippen LogP contribution in [0.5, 0.6) is 0 Å². The molecule has 1 N–H and O–H groups in total. The summed E-state index contributed by atoms with van der Waals surface area (Å²) < 4.78 is 1.79. The summed E-state index contributed by atoms with van der Waals surface area (Å²) in [5, 5.41) is 7.23. The van der Waals surface area contributed by atoms with Crippen molar-refractivity contribution in [3.05, 3.63) is 70.6 Å². The van der Waals surface area contributed by atoms with Crippen LogP contribution in [0.4, 0.5) is 0 Å². The fraction of sp³-hybridized carbons (Fsp3) is 0.0588. The van der Waals surface area contributed by atoms with Crippen LogP contribution >= 0.6 is 0 Å². The van der Waals surface area contributed by atoms with E-state index in [1.54, 1.807) is 4.68 Å². The van der Waals surface area contributed by atoms with Gasteiger partial charge in [0.15, 0.2) is 0 Å². The third-order valence-corrected chi connectivity index (χ3v) is 3.73. The molecule has 0 fully saturated rings. The van der Waals surface area contributed by atoms with E-state index in [9.17, 15) is 4.79 Å². The van der Waals surface area contributed by atoms with Gasteiger partial charge in [0.25, 0.3) is 5.56 Å². The third-order valence-electron chi connectivity index (χ3n) is 3.73. The zero-order valence-electron chi connectivity index (χ0n) is 11.5. The molecule has 21 heavy (non-hydrogen) atoms. The average Bonchev–Trinajstić information content (AvgIpc) is 2.85. The number of H-pyrrole nitrogens is 1. The maximum absolute atomic E-state index is 12.3. The van der Waals surface area contributed by atoms with Crippen molar-refractivity contribution in [1.82, 2.24) is 14.8 Å². The highest BCUT2D eigenvalue weighted by Crippen LogP contribution is 2.25. The molecule has 4 heteroatoms. The van der Waals surface area contributed by atoms with Crippen molar-refractivity contribution in [3.8, 4) is 5.69 Å². The number of benzene rings is 2. The summed E-state index contributed by atoms with van der Waals surface area (Å²) in [7, 11) is 0. The Morgan fingerprint density at radius 3 is 2.38 bits per heavy atom. The molecule has 0 aliphatic heterocycles. The number of nitrogens with one attached hydrogen (secondary N) is 1. The Balaban J connectivity index is 2.20. The Bertz CT molecular complexity index is 1010. The van der Waals surface area contributed by atoms with Gasteiger partial charge < -0.3 is 4.98 Å². The number of aromatic amines is 1. The number of rotatable bonds is 1. The van der Waals surface area contributed by atoms with Crippen LogP contribution in [-0.2, 0) is 0 Å². The number of hydrogen-bond acceptors (Lipinski definition) is 2. The van der Waals surface area contributed by atoms with E-state index in [2.05, 4.69) is 10.1 Å². The normalized spacial score (nSPS) is 11.3. The topological polar surface area (TPSA) is 50.7 Å². The number of aryl methyl sites for hydroxylation is 1. The van der Waals surface area contributed by atoms with Gasteiger partial charge in [-0.1, -0.05) is 36.4 Å². The quantitative estimate of drug-likeness (QED) is 0.580. The van der Waals surface area contributed by atoms with Crippen molar-refractivity contribution in [2.75, 3.05) is 0 Å². The van der Waals surface area contributed by atoms with E-state index in [4.69, 9.17) is 0 Å². The minimum atomic E-state index is -0.0878. The molecular formula is C17H13N3O. The second-order valence-electron chi connectivity index (χ2n) is 5.06. The summed E-state index contributed by atoms with van der Waals surface area (Å²) in [6.45, 7) is 1.96. The van der Waals surface area contributed by atoms with Gasteiger partial charge in [0.2, 0.25) is 0 Å². The molecule has 4 rings (SSSR count). The van der Waals surface area contributed by atoms with E-state index in [0.29, 0.717) is 5.39 Å². The van der Waals surface area contributed by atoms with Crippen molar-refractivity contribution in [2.45, 2.75) is 6.92 Å². The van der Waals surface area contributed by atoms with E-state index in [-0.39, 0.29) is 5.56 Å².